The summed E-state index contributed by atoms with van der Waals surface area (Å²) in [5, 5.41) is 22.8. The fraction of sp³-hybridized carbons (Fsp3) is 0.222. The van der Waals surface area contributed by atoms with Crippen molar-refractivity contribution in [1.82, 2.24) is 14.8 Å². The molecule has 0 aromatic carbocycles. The first kappa shape index (κ1) is 11.8. The van der Waals surface area contributed by atoms with E-state index in [4.69, 9.17) is 9.52 Å². The molecule has 2 heterocycles. The van der Waals surface area contributed by atoms with Crippen molar-refractivity contribution >= 4 is 11.9 Å². The molecule has 0 radical (unpaired) electrons. The molecular formula is C9H8N4O5. The summed E-state index contributed by atoms with van der Waals surface area (Å²) < 4.78 is 6.30. The van der Waals surface area contributed by atoms with Crippen LogP contribution in [-0.2, 0) is 0 Å². The molecule has 0 aliphatic carbocycles. The van der Waals surface area contributed by atoms with Crippen molar-refractivity contribution < 1.29 is 19.2 Å². The lowest BCUT2D eigenvalue weighted by molar-refractivity contribution is -0.394. The molecule has 2 rings (SSSR count). The Balaban J connectivity index is 2.26. The summed E-state index contributed by atoms with van der Waals surface area (Å²) in [6.45, 7) is 1.66. The van der Waals surface area contributed by atoms with Gasteiger partial charge < -0.3 is 19.6 Å². The third kappa shape index (κ3) is 2.05. The van der Waals surface area contributed by atoms with Gasteiger partial charge in [-0.3, -0.25) is 0 Å². The van der Waals surface area contributed by atoms with Crippen molar-refractivity contribution in [3.63, 3.8) is 0 Å². The fourth-order valence-electron chi connectivity index (χ4n) is 1.36. The first-order chi connectivity index (χ1) is 8.49. The highest BCUT2D eigenvalue weighted by molar-refractivity contribution is 5.84. The van der Waals surface area contributed by atoms with Crippen LogP contribution in [0, 0.1) is 10.1 Å². The summed E-state index contributed by atoms with van der Waals surface area (Å²) in [5.41, 5.74) is 0. The molecule has 9 nitrogen and oxygen atoms in total. The quantitative estimate of drug-likeness (QED) is 0.637. The molecule has 0 saturated carbocycles. The van der Waals surface area contributed by atoms with Crippen molar-refractivity contribution in [3.8, 4) is 0 Å². The second-order valence-corrected chi connectivity index (χ2v) is 3.46. The Labute approximate surface area is 99.8 Å². The number of aromatic nitrogens is 3. The van der Waals surface area contributed by atoms with Gasteiger partial charge in [0.1, 0.15) is 11.8 Å². The molecule has 0 aliphatic heterocycles. The van der Waals surface area contributed by atoms with E-state index in [9.17, 15) is 14.9 Å². The molecule has 0 amide bonds. The highest BCUT2D eigenvalue weighted by Crippen LogP contribution is 2.20. The number of rotatable bonds is 4. The van der Waals surface area contributed by atoms with E-state index in [-0.39, 0.29) is 5.76 Å². The normalized spacial score (nSPS) is 12.3. The summed E-state index contributed by atoms with van der Waals surface area (Å²) in [5.74, 6) is -1.58. The van der Waals surface area contributed by atoms with Gasteiger partial charge in [0.05, 0.1) is 0 Å². The van der Waals surface area contributed by atoms with Crippen LogP contribution in [0.3, 0.4) is 0 Å². The fourth-order valence-corrected chi connectivity index (χ4v) is 1.36. The molecule has 0 fully saturated rings. The third-order valence-corrected chi connectivity index (χ3v) is 2.31. The summed E-state index contributed by atoms with van der Waals surface area (Å²) >= 11 is 0. The smallest absolute Gasteiger partial charge is 0.475 e. The second-order valence-electron chi connectivity index (χ2n) is 3.46. The Morgan fingerprint density at radius 1 is 1.61 bits per heavy atom. The van der Waals surface area contributed by atoms with E-state index in [1.165, 1.54) is 23.1 Å². The lowest BCUT2D eigenvalue weighted by Crippen LogP contribution is -2.07. The number of nitrogens with zero attached hydrogens (tertiary/aromatic N) is 4. The standard InChI is InChI=1S/C9H8N4O5/c1-5(6-2-3-7(18-6)8(14)15)12-4-10-9(11-12)13(16)17/h2-5H,1H3,(H,14,15). The Bertz CT molecular complexity index is 549. The van der Waals surface area contributed by atoms with Gasteiger partial charge in [-0.1, -0.05) is 4.98 Å². The zero-order valence-corrected chi connectivity index (χ0v) is 9.18. The van der Waals surface area contributed by atoms with Gasteiger partial charge in [0, 0.05) is 5.10 Å². The number of furan rings is 1. The van der Waals surface area contributed by atoms with Gasteiger partial charge in [0.25, 0.3) is 0 Å². The lowest BCUT2D eigenvalue weighted by Gasteiger charge is -2.03. The Morgan fingerprint density at radius 3 is 2.83 bits per heavy atom. The van der Waals surface area contributed by atoms with Crippen molar-refractivity contribution in [2.75, 3.05) is 0 Å². The zero-order valence-electron chi connectivity index (χ0n) is 9.18. The number of hydrogen-bond donors (Lipinski definition) is 1. The average molecular weight is 252 g/mol. The van der Waals surface area contributed by atoms with Gasteiger partial charge in [0.2, 0.25) is 12.1 Å². The Kier molecular flexibility index (Phi) is 2.80. The van der Waals surface area contributed by atoms with Gasteiger partial charge >= 0.3 is 11.9 Å². The van der Waals surface area contributed by atoms with Crippen LogP contribution < -0.4 is 0 Å². The molecule has 2 aromatic rings. The predicted molar refractivity (Wildman–Crippen MR) is 56.2 cm³/mol. The SMILES string of the molecule is CC(c1ccc(C(=O)O)o1)n1cnc([N+](=O)[O-])n1. The van der Waals surface area contributed by atoms with E-state index < -0.39 is 22.9 Å². The van der Waals surface area contributed by atoms with E-state index in [2.05, 4.69) is 10.1 Å². The Morgan fingerprint density at radius 2 is 2.33 bits per heavy atom. The largest absolute Gasteiger partial charge is 0.490 e. The van der Waals surface area contributed by atoms with Crippen LogP contribution in [0.5, 0.6) is 0 Å². The molecule has 9 heteroatoms. The topological polar surface area (TPSA) is 124 Å². The van der Waals surface area contributed by atoms with Crippen LogP contribution >= 0.6 is 0 Å². The van der Waals surface area contributed by atoms with E-state index in [0.29, 0.717) is 5.76 Å². The summed E-state index contributed by atoms with van der Waals surface area (Å²) in [4.78, 5) is 23.9. The van der Waals surface area contributed by atoms with Crippen LogP contribution in [0.2, 0.25) is 0 Å². The second kappa shape index (κ2) is 4.28. The lowest BCUT2D eigenvalue weighted by atomic mass is 10.3. The van der Waals surface area contributed by atoms with E-state index in [0.717, 1.165) is 0 Å². The van der Waals surface area contributed by atoms with E-state index in [1.807, 2.05) is 0 Å². The van der Waals surface area contributed by atoms with Crippen LogP contribution in [0.1, 0.15) is 29.3 Å². The van der Waals surface area contributed by atoms with Crippen molar-refractivity contribution in [1.29, 1.82) is 0 Å². The molecule has 0 saturated heterocycles. The number of carboxylic acid groups (broad SMARTS) is 1. The molecule has 1 unspecified atom stereocenters. The zero-order chi connectivity index (χ0) is 13.3. The predicted octanol–water partition coefficient (Wildman–Crippen LogP) is 1.09. The van der Waals surface area contributed by atoms with E-state index in [1.54, 1.807) is 6.92 Å². The van der Waals surface area contributed by atoms with Crippen LogP contribution in [-0.4, -0.2) is 30.8 Å². The molecule has 1 N–H and O–H groups in total. The highest BCUT2D eigenvalue weighted by atomic mass is 16.6. The molecule has 94 valence electrons. The molecule has 0 spiro atoms. The molecule has 0 aliphatic rings. The third-order valence-electron chi connectivity index (χ3n) is 2.31. The average Bonchev–Trinajstić information content (AvgIpc) is 2.97. The van der Waals surface area contributed by atoms with Gasteiger partial charge in [-0.15, -0.1) is 0 Å². The van der Waals surface area contributed by atoms with E-state index >= 15 is 0 Å². The maximum absolute atomic E-state index is 10.6. The van der Waals surface area contributed by atoms with Crippen LogP contribution in [0.15, 0.2) is 22.9 Å². The number of carboxylic acids is 1. The van der Waals surface area contributed by atoms with Crippen LogP contribution in [0.4, 0.5) is 5.95 Å². The first-order valence-electron chi connectivity index (χ1n) is 4.87. The summed E-state index contributed by atoms with van der Waals surface area (Å²) in [7, 11) is 0. The number of hydrogen-bond acceptors (Lipinski definition) is 6. The maximum Gasteiger partial charge on any atom is 0.490 e. The summed E-state index contributed by atoms with van der Waals surface area (Å²) in [6.07, 6.45) is 1.19. The van der Waals surface area contributed by atoms with Crippen molar-refractivity contribution in [2.24, 2.45) is 0 Å². The minimum Gasteiger partial charge on any atom is -0.475 e. The maximum atomic E-state index is 10.6. The first-order valence-corrected chi connectivity index (χ1v) is 4.87. The molecular weight excluding hydrogens is 244 g/mol. The van der Waals surface area contributed by atoms with Crippen LogP contribution in [0.25, 0.3) is 0 Å². The summed E-state index contributed by atoms with van der Waals surface area (Å²) in [6, 6.07) is 2.29. The molecule has 2 aromatic heterocycles. The van der Waals surface area contributed by atoms with Gasteiger partial charge in [0.15, 0.2) is 0 Å². The monoisotopic (exact) mass is 252 g/mol. The van der Waals surface area contributed by atoms with Crippen molar-refractivity contribution in [2.45, 2.75) is 13.0 Å². The number of nitro groups is 1. The Hall–Kier alpha value is -2.71. The molecule has 0 bridgehead atoms. The number of aromatic carboxylic acids is 1. The van der Waals surface area contributed by atoms with Gasteiger partial charge in [-0.2, -0.15) is 4.68 Å². The highest BCUT2D eigenvalue weighted by Gasteiger charge is 2.21. The minimum atomic E-state index is -1.18. The van der Waals surface area contributed by atoms with Crippen molar-refractivity contribution in [3.05, 3.63) is 40.1 Å². The minimum absolute atomic E-state index is 0.202. The molecule has 1 atom stereocenters. The molecule has 18 heavy (non-hydrogen) atoms. The number of carbonyl (C=O) groups is 1. The van der Waals surface area contributed by atoms with Gasteiger partial charge in [-0.05, 0) is 24.0 Å². The van der Waals surface area contributed by atoms with Gasteiger partial charge in [-0.25, -0.2) is 4.79 Å².